The first-order valence-electron chi connectivity index (χ1n) is 12.5. The van der Waals surface area contributed by atoms with E-state index in [0.29, 0.717) is 10.5 Å². The number of hydrogen-bond donors (Lipinski definition) is 1. The van der Waals surface area contributed by atoms with Gasteiger partial charge in [-0.1, -0.05) is 63.6 Å². The van der Waals surface area contributed by atoms with Crippen LogP contribution in [-0.2, 0) is 4.74 Å². The van der Waals surface area contributed by atoms with Crippen LogP contribution in [0.2, 0.25) is 0 Å². The number of amides is 1. The summed E-state index contributed by atoms with van der Waals surface area (Å²) in [6.45, 7) is 11.4. The Bertz CT molecular complexity index is 1090. The minimum atomic E-state index is -5.23. The summed E-state index contributed by atoms with van der Waals surface area (Å²) in [5.74, 6) is -0.0633. The fourth-order valence-corrected chi connectivity index (χ4v) is 3.65. The van der Waals surface area contributed by atoms with Crippen molar-refractivity contribution in [3.8, 4) is 12.8 Å². The van der Waals surface area contributed by atoms with Crippen LogP contribution in [-0.4, -0.2) is 38.2 Å². The summed E-state index contributed by atoms with van der Waals surface area (Å²) in [5.41, 5.74) is -0.339. The number of alkyl halides is 3. The predicted octanol–water partition coefficient (Wildman–Crippen LogP) is 9.44. The molecule has 1 N–H and O–H groups in total. The van der Waals surface area contributed by atoms with E-state index >= 15 is 0 Å². The molecule has 1 aromatic heterocycles. The third-order valence-electron chi connectivity index (χ3n) is 4.14. The van der Waals surface area contributed by atoms with Crippen molar-refractivity contribution in [2.75, 3.05) is 20.2 Å². The van der Waals surface area contributed by atoms with Crippen LogP contribution in [0.25, 0.3) is 10.1 Å². The number of carbonyl (C=O) groups excluding carboxylic acids is 1. The molecule has 41 heavy (non-hydrogen) atoms. The molecule has 0 aliphatic rings. The van der Waals surface area contributed by atoms with Gasteiger partial charge in [0, 0.05) is 0 Å². The molecule has 0 saturated heterocycles. The van der Waals surface area contributed by atoms with Gasteiger partial charge in [0.15, 0.2) is 0 Å². The molecule has 0 spiro atoms. The number of hydrogen-bond acceptors (Lipinski definition) is 4. The third-order valence-corrected chi connectivity index (χ3v) is 5.23. The number of fused-ring (bicyclic) bond motifs is 1. The maximum absolute atomic E-state index is 13.2. The second kappa shape index (κ2) is 26.4. The average Bonchev–Trinajstić information content (AvgIpc) is 3.40. The molecule has 4 nitrogen and oxygen atoms in total. The molecule has 0 aliphatic heterocycles. The van der Waals surface area contributed by atoms with Gasteiger partial charge in [-0.3, -0.25) is 4.79 Å². The number of allylic oxidation sites excluding steroid dienone is 4. The summed E-state index contributed by atoms with van der Waals surface area (Å²) in [7, 11) is 1.40. The number of nitrogens with one attached hydrogen (secondary N) is 1. The van der Waals surface area contributed by atoms with Crippen LogP contribution in [0, 0.1) is 47.0 Å². The quantitative estimate of drug-likeness (QED) is 0.0721. The zero-order valence-corrected chi connectivity index (χ0v) is 29.3. The van der Waals surface area contributed by atoms with Crippen LogP contribution in [0.1, 0.15) is 57.6 Å². The minimum absolute atomic E-state index is 0.0146. The Morgan fingerprint density at radius 2 is 1.78 bits per heavy atom. The van der Waals surface area contributed by atoms with Crippen molar-refractivity contribution < 1.29 is 57.1 Å². The number of rotatable bonds is 8. The van der Waals surface area contributed by atoms with Gasteiger partial charge in [0.2, 0.25) is 5.90 Å². The Hall–Kier alpha value is -2.47. The van der Waals surface area contributed by atoms with Gasteiger partial charge in [0.1, 0.15) is 0 Å². The predicted molar refractivity (Wildman–Crippen MR) is 156 cm³/mol. The molecule has 1 amide bonds. The van der Waals surface area contributed by atoms with E-state index in [1.165, 1.54) is 18.4 Å². The molecule has 0 atom stereocenters. The topological polar surface area (TPSA) is 50.7 Å². The van der Waals surface area contributed by atoms with Gasteiger partial charge in [-0.15, -0.1) is 18.2 Å². The Morgan fingerprint density at radius 3 is 2.24 bits per heavy atom. The van der Waals surface area contributed by atoms with Gasteiger partial charge in [-0.25, -0.2) is 4.99 Å². The molecule has 0 fully saturated rings. The molecule has 1 aromatic carbocycles. The number of terminal acetylenes is 1. The first kappa shape index (κ1) is 43.0. The molecule has 2 rings (SSSR count). The molecule has 0 radical (unpaired) electrons. The fraction of sp³-hybridized carbons (Fsp3) is 0.379. The molecular weight excluding hydrogens is 792 g/mol. The second-order valence-corrected chi connectivity index (χ2v) is 9.54. The van der Waals surface area contributed by atoms with Gasteiger partial charge in [0.05, 0.1) is 30.6 Å². The Morgan fingerprint density at radius 1 is 1.20 bits per heavy atom. The van der Waals surface area contributed by atoms with E-state index in [-0.39, 0.29) is 31.3 Å². The van der Waals surface area contributed by atoms with E-state index in [1.807, 2.05) is 39.8 Å². The van der Waals surface area contributed by atoms with Crippen molar-refractivity contribution in [3.05, 3.63) is 70.7 Å². The molecule has 229 valence electrons. The average molecular weight is 831 g/mol. The molecule has 0 bridgehead atoms. The van der Waals surface area contributed by atoms with Crippen molar-refractivity contribution in [3.63, 3.8) is 0 Å². The van der Waals surface area contributed by atoms with Gasteiger partial charge in [-0.2, -0.15) is 48.8 Å². The van der Waals surface area contributed by atoms with Gasteiger partial charge in [-0.05, 0) is 25.0 Å². The van der Waals surface area contributed by atoms with E-state index in [0.717, 1.165) is 22.2 Å². The van der Waals surface area contributed by atoms with Crippen LogP contribution < -0.4 is 5.32 Å². The van der Waals surface area contributed by atoms with Crippen molar-refractivity contribution in [2.24, 2.45) is 4.99 Å². The normalized spacial score (nSPS) is 11.4. The maximum atomic E-state index is 13.2. The summed E-state index contributed by atoms with van der Waals surface area (Å²) >= 11 is -3.88. The summed E-state index contributed by atoms with van der Waals surface area (Å²) in [6.07, 6.45) is 9.25. The van der Waals surface area contributed by atoms with Gasteiger partial charge >= 0.3 is 40.6 Å². The number of ether oxygens (including phenoxy) is 1. The first-order valence-corrected chi connectivity index (χ1v) is 18.1. The van der Waals surface area contributed by atoms with Gasteiger partial charge < -0.3 is 10.1 Å². The number of nitrogens with zero attached hydrogens (tertiary/aromatic N) is 1. The van der Waals surface area contributed by atoms with Crippen molar-refractivity contribution in [2.45, 2.75) is 54.1 Å². The first-order chi connectivity index (χ1) is 19.5. The number of benzene rings is 1. The molecule has 0 aliphatic carbocycles. The fourth-order valence-electron chi connectivity index (χ4n) is 2.69. The van der Waals surface area contributed by atoms with E-state index in [9.17, 15) is 24.3 Å². The number of carbonyl (C=O) groups is 1. The van der Waals surface area contributed by atoms with E-state index < -0.39 is 39.8 Å². The Balaban J connectivity index is -0.00000128. The van der Waals surface area contributed by atoms with Crippen LogP contribution in [0.5, 0.6) is 0 Å². The Kier molecular flexibility index (Phi) is 27.7. The number of methoxy groups -OCH3 is 1. The number of halogens is 6. The van der Waals surface area contributed by atoms with Crippen LogP contribution in [0.4, 0.5) is 19.5 Å². The van der Waals surface area contributed by atoms with Crippen molar-refractivity contribution in [1.29, 1.82) is 0 Å². The number of aliphatic imine (C=N–C) groups is 1. The summed E-state index contributed by atoms with van der Waals surface area (Å²) in [6, 6.07) is 10.2. The summed E-state index contributed by atoms with van der Waals surface area (Å²) in [4.78, 5) is 17.2. The van der Waals surface area contributed by atoms with Crippen LogP contribution in [0.3, 0.4) is 0 Å². The summed E-state index contributed by atoms with van der Waals surface area (Å²) < 4.78 is 75.3. The summed E-state index contributed by atoms with van der Waals surface area (Å²) in [5, 5.41) is 3.68. The zero-order valence-electron chi connectivity index (χ0n) is 24.3. The molecule has 1 heterocycles. The number of thiophene rings is 1. The molecule has 2 aromatic rings. The van der Waals surface area contributed by atoms with E-state index in [4.69, 9.17) is 4.74 Å². The molecule has 0 saturated carbocycles. The second-order valence-electron chi connectivity index (χ2n) is 6.67. The molecular formula is C29H38F6N2O2SU-. The van der Waals surface area contributed by atoms with E-state index in [2.05, 4.69) is 29.2 Å². The monoisotopic (exact) mass is 830 g/mol. The molecule has 12 heteroatoms. The van der Waals surface area contributed by atoms with Crippen molar-refractivity contribution in [1.82, 2.24) is 5.32 Å². The zero-order chi connectivity index (χ0) is 32.4. The van der Waals surface area contributed by atoms with Crippen LogP contribution in [0.15, 0.2) is 64.7 Å². The SMILES string of the molecule is C#C.CC.CC.C\C=C/C(=C\C(=C\CC)C(F)(F)F)CN=C(CNC(=O)c1cc2cc[c-]cc2s1)OC.[F][U]([F])[F]. The van der Waals surface area contributed by atoms with E-state index in [1.54, 1.807) is 38.1 Å². The third kappa shape index (κ3) is 20.1. The standard InChI is InChI=1S/C23H24F3N2O2S.2C2H6.C2H2.3FH.U/c1-4-8-16(12-18(9-5-2)23(24,25)26)14-27-21(30-3)15-28-22(29)20-13-17-10-6-7-11-19(17)31-20;3*1-2;;;;/h4,6,8-13H,5,14-15H2,1-3H3,(H,28,29);2*1-2H3;1-2H;3*1H;/q-1;;;;;;;+3/p-3/b8-4-,16-12+,18-9-,27-21?;;;;;;;. The van der Waals surface area contributed by atoms with Gasteiger partial charge in [0.25, 0.3) is 5.91 Å². The van der Waals surface area contributed by atoms with Crippen LogP contribution >= 0.6 is 11.3 Å². The molecule has 0 unspecified atom stereocenters. The Labute approximate surface area is 257 Å². The van der Waals surface area contributed by atoms with Crippen molar-refractivity contribution >= 4 is 33.2 Å².